The van der Waals surface area contributed by atoms with Gasteiger partial charge in [0.25, 0.3) is 0 Å². The maximum Gasteiger partial charge on any atom is 0.305 e. The van der Waals surface area contributed by atoms with Crippen LogP contribution in [0.4, 0.5) is 0 Å². The normalized spacial score (nSPS) is 12.8. The van der Waals surface area contributed by atoms with E-state index in [2.05, 4.69) is 38.3 Å². The van der Waals surface area contributed by atoms with Gasteiger partial charge >= 0.3 is 11.9 Å². The number of Topliss-reactive ketones (excluding diaryl/α,β-unsaturated/α-hetero) is 2. The number of carbonyl (C=O) groups is 6. The number of benzene rings is 2. The predicted molar refractivity (Wildman–Crippen MR) is 470 cm³/mol. The Morgan fingerprint density at radius 2 is 0.518 bits per heavy atom. The van der Waals surface area contributed by atoms with Crippen LogP contribution in [-0.4, -0.2) is 85.5 Å². The van der Waals surface area contributed by atoms with Crippen LogP contribution in [0.3, 0.4) is 0 Å². The Bertz CT molecular complexity index is 2400. The summed E-state index contributed by atoms with van der Waals surface area (Å²) in [6, 6.07) is 13.9. The van der Waals surface area contributed by atoms with Crippen LogP contribution >= 0.6 is 0 Å². The van der Waals surface area contributed by atoms with Crippen LogP contribution in [-0.2, 0) is 28.7 Å². The first-order chi connectivity index (χ1) is 54.3. The van der Waals surface area contributed by atoms with Crippen molar-refractivity contribution in [2.45, 2.75) is 453 Å². The van der Waals surface area contributed by atoms with E-state index in [1.165, 1.54) is 316 Å². The van der Waals surface area contributed by atoms with Crippen LogP contribution in [0.25, 0.3) is 0 Å². The van der Waals surface area contributed by atoms with Crippen molar-refractivity contribution in [2.75, 3.05) is 39.5 Å². The Balaban J connectivity index is 1.69. The van der Waals surface area contributed by atoms with E-state index in [1.54, 1.807) is 48.5 Å². The third-order valence-electron chi connectivity index (χ3n) is 23.4. The number of ether oxygens (including phenoxy) is 4. The molecule has 3 N–H and O–H groups in total. The minimum Gasteiger partial charge on any atom is -0.490 e. The summed E-state index contributed by atoms with van der Waals surface area (Å²) >= 11 is 0. The molecule has 0 spiro atoms. The van der Waals surface area contributed by atoms with Crippen molar-refractivity contribution < 1.29 is 52.8 Å². The Kier molecular flexibility index (Phi) is 65.0. The van der Waals surface area contributed by atoms with E-state index < -0.39 is 11.0 Å². The third kappa shape index (κ3) is 58.1. The Labute approximate surface area is 688 Å². The molecule has 4 unspecified atom stereocenters. The second-order valence-corrected chi connectivity index (χ2v) is 35.3. The van der Waals surface area contributed by atoms with Gasteiger partial charge in [0.15, 0.2) is 11.6 Å². The molecule has 2 amide bonds. The highest BCUT2D eigenvalue weighted by atomic mass is 16.6. The molecular formula is C99H174N2O11. The van der Waals surface area contributed by atoms with Crippen LogP contribution in [0.5, 0.6) is 11.5 Å². The average Bonchev–Trinajstić information content (AvgIpc) is 0.865. The predicted octanol–water partition coefficient (Wildman–Crippen LogP) is 27.6. The number of hydrogen-bond acceptors (Lipinski definition) is 11. The first-order valence-corrected chi connectivity index (χ1v) is 47.4. The van der Waals surface area contributed by atoms with E-state index in [-0.39, 0.29) is 61.7 Å². The van der Waals surface area contributed by atoms with Crippen LogP contribution in [0.1, 0.15) is 468 Å². The molecular weight excluding hydrogens is 1390 g/mol. The molecule has 13 nitrogen and oxygen atoms in total. The second-order valence-electron chi connectivity index (χ2n) is 35.3. The molecule has 0 radical (unpaired) electrons. The number of ketones is 2. The monoisotopic (exact) mass is 1570 g/mol. The van der Waals surface area contributed by atoms with E-state index >= 15 is 0 Å². The smallest absolute Gasteiger partial charge is 0.305 e. The largest absolute Gasteiger partial charge is 0.490 e. The van der Waals surface area contributed by atoms with Gasteiger partial charge in [-0.25, -0.2) is 0 Å². The third-order valence-corrected chi connectivity index (χ3v) is 23.4. The number of unbranched alkanes of at least 4 members (excludes halogenated alkanes) is 40. The summed E-state index contributed by atoms with van der Waals surface area (Å²) in [6.45, 7) is 19.9. The summed E-state index contributed by atoms with van der Waals surface area (Å²) in [5, 5.41) is 16.1. The van der Waals surface area contributed by atoms with Crippen molar-refractivity contribution in [3.8, 4) is 11.5 Å². The number of carbonyl (C=O) groups excluding carboxylic acids is 6. The van der Waals surface area contributed by atoms with Gasteiger partial charge in [0, 0.05) is 55.3 Å². The van der Waals surface area contributed by atoms with Crippen molar-refractivity contribution in [3.05, 3.63) is 59.7 Å². The van der Waals surface area contributed by atoms with E-state index in [0.29, 0.717) is 61.4 Å². The van der Waals surface area contributed by atoms with Gasteiger partial charge < -0.3 is 34.7 Å². The van der Waals surface area contributed by atoms with Crippen molar-refractivity contribution in [1.82, 2.24) is 10.6 Å². The molecule has 2 aromatic carbocycles. The number of esters is 2. The Hall–Kier alpha value is -4.78. The van der Waals surface area contributed by atoms with Crippen molar-refractivity contribution in [2.24, 2.45) is 29.1 Å². The number of rotatable bonds is 80. The lowest BCUT2D eigenvalue weighted by molar-refractivity contribution is -0.145. The second kappa shape index (κ2) is 70.4. The molecule has 0 heterocycles. The zero-order valence-corrected chi connectivity index (χ0v) is 74.1. The van der Waals surface area contributed by atoms with Gasteiger partial charge in [0.1, 0.15) is 43.5 Å². The Morgan fingerprint density at radius 3 is 0.759 bits per heavy atom. The fraction of sp³-hybridized carbons (Fsp3) is 0.818. The van der Waals surface area contributed by atoms with Crippen LogP contribution in [0.2, 0.25) is 0 Å². The number of hydrogen-bond donors (Lipinski definition) is 3. The summed E-state index contributed by atoms with van der Waals surface area (Å²) in [5.41, 5.74) is -0.772. The molecule has 646 valence electrons. The van der Waals surface area contributed by atoms with Crippen molar-refractivity contribution in [1.29, 1.82) is 0 Å². The number of amides is 2. The quantitative estimate of drug-likeness (QED) is 0.0325. The molecule has 0 aromatic heterocycles. The van der Waals surface area contributed by atoms with Crippen molar-refractivity contribution >= 4 is 35.3 Å². The first kappa shape index (κ1) is 103. The molecule has 0 bridgehead atoms. The molecule has 0 aliphatic rings. The van der Waals surface area contributed by atoms with Gasteiger partial charge in [0.05, 0.1) is 0 Å². The minimum atomic E-state index is -1.43. The minimum absolute atomic E-state index is 0.0986. The van der Waals surface area contributed by atoms with Gasteiger partial charge in [-0.3, -0.25) is 28.8 Å². The molecule has 0 saturated heterocycles. The maximum absolute atomic E-state index is 12.8. The number of aliphatic hydroxyl groups is 1. The van der Waals surface area contributed by atoms with Crippen LogP contribution < -0.4 is 20.1 Å². The first-order valence-electron chi connectivity index (χ1n) is 47.4. The molecule has 2 aromatic rings. The summed E-state index contributed by atoms with van der Waals surface area (Å²) in [5.74, 6) is 4.16. The fourth-order valence-corrected chi connectivity index (χ4v) is 16.3. The fourth-order valence-electron chi connectivity index (χ4n) is 16.3. The van der Waals surface area contributed by atoms with E-state index in [9.17, 15) is 33.9 Å². The number of nitrogens with one attached hydrogen (secondary N) is 2. The molecule has 0 saturated carbocycles. The zero-order valence-electron chi connectivity index (χ0n) is 74.1. The van der Waals surface area contributed by atoms with E-state index in [4.69, 9.17) is 18.9 Å². The summed E-state index contributed by atoms with van der Waals surface area (Å²) < 4.78 is 22.4. The maximum atomic E-state index is 12.8. The zero-order chi connectivity index (χ0) is 81.7. The SMILES string of the molecule is CCCCCCCCC(CCCCCCCCC(=O)NCCNC(=O)CCCCCCCCC(CCCCCCCC)C(CCCCCCCC)CCCCCCCCC(=O)OCCOc1ccc(C(=O)C(C)(C)O)cc1)C(CCCCCCCC)CCCCCCCCC(=O)OCCOc1ccc(C(=O)C(C)(C)C)cc1. The van der Waals surface area contributed by atoms with Crippen LogP contribution in [0, 0.1) is 29.1 Å². The Morgan fingerprint density at radius 1 is 0.295 bits per heavy atom. The molecule has 2 rings (SSSR count). The summed E-state index contributed by atoms with van der Waals surface area (Å²) in [7, 11) is 0. The van der Waals surface area contributed by atoms with E-state index in [0.717, 1.165) is 81.5 Å². The van der Waals surface area contributed by atoms with Gasteiger partial charge in [-0.2, -0.15) is 0 Å². The van der Waals surface area contributed by atoms with Crippen LogP contribution in [0.15, 0.2) is 48.5 Å². The highest BCUT2D eigenvalue weighted by Gasteiger charge is 2.27. The molecule has 13 heteroatoms. The van der Waals surface area contributed by atoms with Gasteiger partial charge in [-0.15, -0.1) is 0 Å². The lowest BCUT2D eigenvalue weighted by atomic mass is 9.78. The summed E-state index contributed by atoms with van der Waals surface area (Å²) in [4.78, 5) is 75.5. The highest BCUT2D eigenvalue weighted by Crippen LogP contribution is 2.36. The average molecular weight is 1570 g/mol. The van der Waals surface area contributed by atoms with Gasteiger partial charge in [0.2, 0.25) is 11.8 Å². The lowest BCUT2D eigenvalue weighted by Crippen LogP contribution is -2.34. The van der Waals surface area contributed by atoms with Gasteiger partial charge in [-0.1, -0.05) is 382 Å². The molecule has 0 fully saturated rings. The molecule has 4 atom stereocenters. The molecule has 0 aliphatic heterocycles. The highest BCUT2D eigenvalue weighted by molar-refractivity contribution is 6.02. The summed E-state index contributed by atoms with van der Waals surface area (Å²) in [6.07, 6.45) is 73.4. The van der Waals surface area contributed by atoms with Gasteiger partial charge in [-0.05, 0) is 112 Å². The molecule has 0 aliphatic carbocycles. The standard InChI is InChI=1S/C99H174N2O11/c1-10-14-18-22-34-46-58-84(86(60-48-36-24-20-16-12-3)64-52-40-28-32-44-56-68-94(104)111-82-80-109-90-74-70-88(71-75-90)96(106)98(5,6)7)62-50-38-26-30-42-54-66-92(102)100-78-79-101-93(103)67-55-43-31-27-39-51-63-85(59-47-35-23-19-15-11-2)87(61-49-37-25-21-17-13-4)65-53-41-29-33-45-57-69-95(105)112-83-81-110-91-76-72-89(73-77-91)97(107)99(8,9)108/h70-77,84-87,108H,10-69,78-83H2,1-9H3,(H,100,102)(H,101,103). The van der Waals surface area contributed by atoms with Crippen molar-refractivity contribution in [3.63, 3.8) is 0 Å². The topological polar surface area (TPSA) is 184 Å². The van der Waals surface area contributed by atoms with E-state index in [1.807, 2.05) is 20.8 Å². The molecule has 112 heavy (non-hydrogen) atoms. The lowest BCUT2D eigenvalue weighted by Gasteiger charge is -2.28.